The molecule has 0 aliphatic heterocycles. The first-order valence-corrected chi connectivity index (χ1v) is 8.44. The zero-order valence-electron chi connectivity index (χ0n) is 13.6. The van der Waals surface area contributed by atoms with Gasteiger partial charge in [0.25, 0.3) is 5.91 Å². The van der Waals surface area contributed by atoms with Crippen molar-refractivity contribution in [3.8, 4) is 5.69 Å². The third-order valence-corrected chi connectivity index (χ3v) is 4.69. The van der Waals surface area contributed by atoms with Crippen LogP contribution in [-0.4, -0.2) is 31.1 Å². The Morgan fingerprint density at radius 3 is 2.88 bits per heavy atom. The van der Waals surface area contributed by atoms with Crippen LogP contribution >= 0.6 is 11.3 Å². The first-order valence-electron chi connectivity index (χ1n) is 7.63. The molecular formula is C17H14N6OS. The second kappa shape index (κ2) is 6.06. The van der Waals surface area contributed by atoms with Gasteiger partial charge < -0.3 is 0 Å². The largest absolute Gasteiger partial charge is 0.298 e. The number of thiazole rings is 1. The number of hydrogen-bond donors (Lipinski definition) is 1. The van der Waals surface area contributed by atoms with Gasteiger partial charge in [0, 0.05) is 5.56 Å². The minimum absolute atomic E-state index is 0.219. The van der Waals surface area contributed by atoms with Crippen LogP contribution in [0.1, 0.15) is 21.5 Å². The molecule has 124 valence electrons. The molecule has 1 N–H and O–H groups in total. The van der Waals surface area contributed by atoms with Gasteiger partial charge in [-0.3, -0.25) is 10.1 Å². The normalized spacial score (nSPS) is 11.0. The minimum atomic E-state index is -0.219. The zero-order valence-corrected chi connectivity index (χ0v) is 14.4. The van der Waals surface area contributed by atoms with Gasteiger partial charge in [0.1, 0.15) is 6.33 Å². The van der Waals surface area contributed by atoms with Crippen molar-refractivity contribution in [2.24, 2.45) is 0 Å². The van der Waals surface area contributed by atoms with Crippen LogP contribution in [0, 0.1) is 13.8 Å². The van der Waals surface area contributed by atoms with Crippen molar-refractivity contribution in [1.82, 2.24) is 25.2 Å². The average Bonchev–Trinajstić information content (AvgIpc) is 3.24. The second-order valence-electron chi connectivity index (χ2n) is 5.71. The number of nitrogens with one attached hydrogen (secondary N) is 1. The van der Waals surface area contributed by atoms with Crippen molar-refractivity contribution in [2.45, 2.75) is 13.8 Å². The predicted octanol–water partition coefficient (Wildman–Crippen LogP) is 3.14. The van der Waals surface area contributed by atoms with Crippen molar-refractivity contribution < 1.29 is 4.79 Å². The molecule has 0 aliphatic carbocycles. The van der Waals surface area contributed by atoms with Crippen molar-refractivity contribution in [1.29, 1.82) is 0 Å². The van der Waals surface area contributed by atoms with E-state index in [1.165, 1.54) is 27.9 Å². The molecule has 0 bridgehead atoms. The van der Waals surface area contributed by atoms with Crippen LogP contribution in [0.2, 0.25) is 0 Å². The summed E-state index contributed by atoms with van der Waals surface area (Å²) in [6.45, 7) is 4.07. The lowest BCUT2D eigenvalue weighted by Crippen LogP contribution is -2.12. The van der Waals surface area contributed by atoms with E-state index in [0.717, 1.165) is 15.8 Å². The molecular weight excluding hydrogens is 336 g/mol. The van der Waals surface area contributed by atoms with Crippen molar-refractivity contribution >= 4 is 32.6 Å². The van der Waals surface area contributed by atoms with Crippen LogP contribution in [0.4, 0.5) is 5.13 Å². The fourth-order valence-corrected chi connectivity index (χ4v) is 3.70. The lowest BCUT2D eigenvalue weighted by molar-refractivity contribution is 0.102. The average molecular weight is 350 g/mol. The van der Waals surface area contributed by atoms with E-state index in [4.69, 9.17) is 0 Å². The number of benzene rings is 2. The molecule has 2 heterocycles. The summed E-state index contributed by atoms with van der Waals surface area (Å²) in [5.74, 6) is -0.219. The van der Waals surface area contributed by atoms with Crippen LogP contribution in [0.25, 0.3) is 15.9 Å². The smallest absolute Gasteiger partial charge is 0.257 e. The van der Waals surface area contributed by atoms with Gasteiger partial charge in [0.2, 0.25) is 0 Å². The monoisotopic (exact) mass is 350 g/mol. The molecule has 0 atom stereocenters. The molecule has 8 heteroatoms. The molecule has 2 aromatic carbocycles. The fourth-order valence-electron chi connectivity index (χ4n) is 2.66. The summed E-state index contributed by atoms with van der Waals surface area (Å²) in [5, 5.41) is 14.5. The van der Waals surface area contributed by atoms with E-state index in [0.29, 0.717) is 16.4 Å². The van der Waals surface area contributed by atoms with Gasteiger partial charge in [-0.05, 0) is 59.7 Å². The van der Waals surface area contributed by atoms with Crippen molar-refractivity contribution in [2.75, 3.05) is 5.32 Å². The van der Waals surface area contributed by atoms with Gasteiger partial charge in [0.05, 0.1) is 15.9 Å². The first-order chi connectivity index (χ1) is 12.1. The van der Waals surface area contributed by atoms with E-state index < -0.39 is 0 Å². The molecule has 0 spiro atoms. The van der Waals surface area contributed by atoms with E-state index in [2.05, 4.69) is 44.9 Å². The van der Waals surface area contributed by atoms with Crippen LogP contribution in [-0.2, 0) is 0 Å². The number of carbonyl (C=O) groups is 1. The van der Waals surface area contributed by atoms with Crippen LogP contribution in [0.5, 0.6) is 0 Å². The highest BCUT2D eigenvalue weighted by molar-refractivity contribution is 7.22. The van der Waals surface area contributed by atoms with Crippen LogP contribution < -0.4 is 5.32 Å². The van der Waals surface area contributed by atoms with Gasteiger partial charge >= 0.3 is 0 Å². The Hall–Kier alpha value is -3.13. The van der Waals surface area contributed by atoms with Gasteiger partial charge in [-0.1, -0.05) is 23.5 Å². The lowest BCUT2D eigenvalue weighted by Gasteiger charge is -2.04. The third kappa shape index (κ3) is 2.99. The summed E-state index contributed by atoms with van der Waals surface area (Å²) in [5.41, 5.74) is 4.44. The Morgan fingerprint density at radius 1 is 1.20 bits per heavy atom. The molecule has 7 nitrogen and oxygen atoms in total. The number of anilines is 1. The Kier molecular flexibility index (Phi) is 3.73. The first kappa shape index (κ1) is 15.4. The van der Waals surface area contributed by atoms with Crippen molar-refractivity contribution in [3.05, 3.63) is 59.4 Å². The Morgan fingerprint density at radius 2 is 2.08 bits per heavy atom. The number of hydrogen-bond acceptors (Lipinski definition) is 6. The second-order valence-corrected chi connectivity index (χ2v) is 6.74. The SMILES string of the molecule is Cc1cc(C)c2nc(NC(=O)c3cccc(-n4cnnn4)c3)sc2c1. The summed E-state index contributed by atoms with van der Waals surface area (Å²) in [6.07, 6.45) is 1.48. The van der Waals surface area contributed by atoms with E-state index in [-0.39, 0.29) is 5.91 Å². The van der Waals surface area contributed by atoms with Crippen molar-refractivity contribution in [3.63, 3.8) is 0 Å². The molecule has 4 rings (SSSR count). The number of amides is 1. The number of carbonyl (C=O) groups excluding carboxylic acids is 1. The molecule has 2 aromatic heterocycles. The molecule has 0 saturated carbocycles. The minimum Gasteiger partial charge on any atom is -0.298 e. The number of nitrogens with zero attached hydrogens (tertiary/aromatic N) is 5. The molecule has 0 fully saturated rings. The predicted molar refractivity (Wildman–Crippen MR) is 96.2 cm³/mol. The van der Waals surface area contributed by atoms with Crippen LogP contribution in [0.3, 0.4) is 0 Å². The summed E-state index contributed by atoms with van der Waals surface area (Å²) in [6, 6.07) is 11.3. The maximum atomic E-state index is 12.6. The molecule has 25 heavy (non-hydrogen) atoms. The molecule has 0 unspecified atom stereocenters. The molecule has 0 aliphatic rings. The van der Waals surface area contributed by atoms with E-state index in [1.807, 2.05) is 13.0 Å². The highest BCUT2D eigenvalue weighted by atomic mass is 32.1. The number of fused-ring (bicyclic) bond motifs is 1. The summed E-state index contributed by atoms with van der Waals surface area (Å²) in [7, 11) is 0. The summed E-state index contributed by atoms with van der Waals surface area (Å²) >= 11 is 1.47. The fraction of sp³-hybridized carbons (Fsp3) is 0.118. The van der Waals surface area contributed by atoms with E-state index in [1.54, 1.807) is 18.2 Å². The number of aromatic nitrogens is 5. The summed E-state index contributed by atoms with van der Waals surface area (Å²) < 4.78 is 2.57. The molecule has 4 aromatic rings. The number of tetrazole rings is 1. The molecule has 0 saturated heterocycles. The van der Waals surface area contributed by atoms with Crippen LogP contribution in [0.15, 0.2) is 42.7 Å². The quantitative estimate of drug-likeness (QED) is 0.613. The highest BCUT2D eigenvalue weighted by Crippen LogP contribution is 2.29. The number of rotatable bonds is 3. The lowest BCUT2D eigenvalue weighted by atomic mass is 10.1. The topological polar surface area (TPSA) is 85.6 Å². The van der Waals surface area contributed by atoms with Gasteiger partial charge in [-0.15, -0.1) is 5.10 Å². The Balaban J connectivity index is 1.62. The molecule has 0 radical (unpaired) electrons. The maximum absolute atomic E-state index is 12.6. The Labute approximate surface area is 147 Å². The van der Waals surface area contributed by atoms with Gasteiger partial charge in [-0.2, -0.15) is 0 Å². The molecule has 1 amide bonds. The highest BCUT2D eigenvalue weighted by Gasteiger charge is 2.12. The van der Waals surface area contributed by atoms with E-state index >= 15 is 0 Å². The van der Waals surface area contributed by atoms with Gasteiger partial charge in [0.15, 0.2) is 5.13 Å². The number of aryl methyl sites for hydroxylation is 2. The summed E-state index contributed by atoms with van der Waals surface area (Å²) in [4.78, 5) is 17.1. The Bertz CT molecular complexity index is 1070. The third-order valence-electron chi connectivity index (χ3n) is 3.77. The van der Waals surface area contributed by atoms with E-state index in [9.17, 15) is 4.79 Å². The standard InChI is InChI=1S/C17H14N6OS/c1-10-6-11(2)15-14(7-10)25-17(19-15)20-16(24)12-4-3-5-13(8-12)23-9-18-21-22-23/h3-9H,1-2H3,(H,19,20,24). The maximum Gasteiger partial charge on any atom is 0.257 e. The van der Waals surface area contributed by atoms with Gasteiger partial charge in [-0.25, -0.2) is 9.67 Å². The zero-order chi connectivity index (χ0) is 17.4.